The molecule has 25 heavy (non-hydrogen) atoms. The van der Waals surface area contributed by atoms with Crippen LogP contribution in [0.15, 0.2) is 54.6 Å². The van der Waals surface area contributed by atoms with Crippen LogP contribution in [0.4, 0.5) is 5.69 Å². The second kappa shape index (κ2) is 7.83. The van der Waals surface area contributed by atoms with Crippen molar-refractivity contribution in [2.75, 3.05) is 19.1 Å². The highest BCUT2D eigenvalue weighted by Gasteiger charge is 2.38. The molecule has 1 N–H and O–H groups in total. The summed E-state index contributed by atoms with van der Waals surface area (Å²) in [6.07, 6.45) is 0. The lowest BCUT2D eigenvalue weighted by atomic mass is 9.90. The number of methoxy groups -OCH3 is 1. The van der Waals surface area contributed by atoms with E-state index in [-0.39, 0.29) is 11.8 Å². The molecule has 0 heterocycles. The van der Waals surface area contributed by atoms with Gasteiger partial charge in [-0.3, -0.25) is 9.59 Å². The normalized spacial score (nSPS) is 10.9. The monoisotopic (exact) mass is 340 g/mol. The van der Waals surface area contributed by atoms with Gasteiger partial charge in [-0.15, -0.1) is 0 Å². The number of anilines is 1. The van der Waals surface area contributed by atoms with Gasteiger partial charge in [-0.25, -0.2) is 0 Å². The van der Waals surface area contributed by atoms with Crippen molar-refractivity contribution in [2.45, 2.75) is 20.4 Å². The molecule has 0 atom stereocenters. The molecule has 132 valence electrons. The number of ether oxygens (including phenoxy) is 1. The third-order valence-electron chi connectivity index (χ3n) is 4.18. The molecule has 2 rings (SSSR count). The van der Waals surface area contributed by atoms with Crippen LogP contribution in [0.5, 0.6) is 5.75 Å². The predicted octanol–water partition coefficient (Wildman–Crippen LogP) is 3.00. The smallest absolute Gasteiger partial charge is 0.241 e. The van der Waals surface area contributed by atoms with Crippen molar-refractivity contribution in [1.82, 2.24) is 5.32 Å². The second-order valence-corrected chi connectivity index (χ2v) is 6.32. The molecule has 2 aromatic carbocycles. The first-order chi connectivity index (χ1) is 11.9. The van der Waals surface area contributed by atoms with Gasteiger partial charge in [0.05, 0.1) is 7.11 Å². The quantitative estimate of drug-likeness (QED) is 0.823. The minimum atomic E-state index is -1.19. The fourth-order valence-electron chi connectivity index (χ4n) is 2.53. The van der Waals surface area contributed by atoms with Crippen LogP contribution in [0.2, 0.25) is 0 Å². The summed E-state index contributed by atoms with van der Waals surface area (Å²) < 4.78 is 5.28. The molecule has 0 aliphatic heterocycles. The summed E-state index contributed by atoms with van der Waals surface area (Å²) in [5.74, 6) is 0.107. The van der Waals surface area contributed by atoms with E-state index < -0.39 is 5.41 Å². The summed E-state index contributed by atoms with van der Waals surface area (Å²) in [5.41, 5.74) is 0.420. The molecule has 0 radical (unpaired) electrons. The lowest BCUT2D eigenvalue weighted by molar-refractivity contribution is -0.139. The number of hydrogen-bond acceptors (Lipinski definition) is 3. The molecule has 5 nitrogen and oxygen atoms in total. The van der Waals surface area contributed by atoms with Crippen molar-refractivity contribution in [3.8, 4) is 5.75 Å². The van der Waals surface area contributed by atoms with Crippen molar-refractivity contribution in [2.24, 2.45) is 5.41 Å². The first-order valence-electron chi connectivity index (χ1n) is 8.11. The zero-order chi connectivity index (χ0) is 18.4. The molecule has 0 fully saturated rings. The standard InChI is InChI=1S/C20H24N2O3/c1-20(2,19(24)22(3)16-11-6-5-7-12-16)18(23)21-14-15-10-8-9-13-17(15)25-4/h5-13H,14H2,1-4H3,(H,21,23). The number of nitrogens with zero attached hydrogens (tertiary/aromatic N) is 1. The molecule has 0 aromatic heterocycles. The summed E-state index contributed by atoms with van der Waals surface area (Å²) in [6.45, 7) is 3.56. The third-order valence-corrected chi connectivity index (χ3v) is 4.18. The van der Waals surface area contributed by atoms with Gasteiger partial charge < -0.3 is 15.0 Å². The van der Waals surface area contributed by atoms with Crippen molar-refractivity contribution in [3.05, 3.63) is 60.2 Å². The summed E-state index contributed by atoms with van der Waals surface area (Å²) in [7, 11) is 3.26. The number of nitrogens with one attached hydrogen (secondary N) is 1. The molecule has 0 saturated carbocycles. The molecule has 0 saturated heterocycles. The van der Waals surface area contributed by atoms with E-state index in [9.17, 15) is 9.59 Å². The van der Waals surface area contributed by atoms with Gasteiger partial charge in [0.1, 0.15) is 11.2 Å². The predicted molar refractivity (Wildman–Crippen MR) is 98.5 cm³/mol. The van der Waals surface area contributed by atoms with E-state index >= 15 is 0 Å². The minimum absolute atomic E-state index is 0.267. The Kier molecular flexibility index (Phi) is 5.80. The number of rotatable bonds is 6. The number of carbonyl (C=O) groups is 2. The zero-order valence-corrected chi connectivity index (χ0v) is 15.1. The summed E-state index contributed by atoms with van der Waals surface area (Å²) in [4.78, 5) is 26.9. The van der Waals surface area contributed by atoms with Gasteiger partial charge in [0.2, 0.25) is 11.8 Å². The Balaban J connectivity index is 2.07. The number of benzene rings is 2. The molecular formula is C20H24N2O3. The van der Waals surface area contributed by atoms with E-state index in [0.717, 1.165) is 11.3 Å². The largest absolute Gasteiger partial charge is 0.496 e. The minimum Gasteiger partial charge on any atom is -0.496 e. The van der Waals surface area contributed by atoms with Crippen LogP contribution in [0, 0.1) is 5.41 Å². The number of para-hydroxylation sites is 2. The van der Waals surface area contributed by atoms with E-state index in [1.165, 1.54) is 4.90 Å². The van der Waals surface area contributed by atoms with Gasteiger partial charge in [-0.2, -0.15) is 0 Å². The van der Waals surface area contributed by atoms with Gasteiger partial charge in [-0.05, 0) is 32.0 Å². The van der Waals surface area contributed by atoms with Crippen LogP contribution in [0.1, 0.15) is 19.4 Å². The Morgan fingerprint density at radius 1 is 1.04 bits per heavy atom. The van der Waals surface area contributed by atoms with Crippen molar-refractivity contribution in [1.29, 1.82) is 0 Å². The molecule has 0 unspecified atom stereocenters. The average molecular weight is 340 g/mol. The van der Waals surface area contributed by atoms with E-state index in [2.05, 4.69) is 5.32 Å². The van der Waals surface area contributed by atoms with Crippen LogP contribution < -0.4 is 15.0 Å². The van der Waals surface area contributed by atoms with Crippen LogP contribution in [0.3, 0.4) is 0 Å². The van der Waals surface area contributed by atoms with Crippen molar-refractivity contribution >= 4 is 17.5 Å². The van der Waals surface area contributed by atoms with Crippen LogP contribution in [-0.2, 0) is 16.1 Å². The lowest BCUT2D eigenvalue weighted by Crippen LogP contribution is -2.48. The van der Waals surface area contributed by atoms with Gasteiger partial charge in [0.25, 0.3) is 0 Å². The SMILES string of the molecule is COc1ccccc1CNC(=O)C(C)(C)C(=O)N(C)c1ccccc1. The van der Waals surface area contributed by atoms with E-state index in [4.69, 9.17) is 4.74 Å². The Bertz CT molecular complexity index is 742. The topological polar surface area (TPSA) is 58.6 Å². The maximum absolute atomic E-state index is 12.8. The maximum Gasteiger partial charge on any atom is 0.241 e. The summed E-state index contributed by atoms with van der Waals surface area (Å²) >= 11 is 0. The molecule has 0 bridgehead atoms. The Hall–Kier alpha value is -2.82. The summed E-state index contributed by atoms with van der Waals surface area (Å²) in [5, 5.41) is 2.83. The molecule has 2 amide bonds. The summed E-state index contributed by atoms with van der Waals surface area (Å²) in [6, 6.07) is 16.7. The Morgan fingerprint density at radius 2 is 1.64 bits per heavy atom. The second-order valence-electron chi connectivity index (χ2n) is 6.32. The highest BCUT2D eigenvalue weighted by molar-refractivity contribution is 6.10. The first kappa shape index (κ1) is 18.5. The Morgan fingerprint density at radius 3 is 2.28 bits per heavy atom. The number of amides is 2. The lowest BCUT2D eigenvalue weighted by Gasteiger charge is -2.28. The first-order valence-corrected chi connectivity index (χ1v) is 8.11. The van der Waals surface area contributed by atoms with Gasteiger partial charge in [0, 0.05) is 24.8 Å². The highest BCUT2D eigenvalue weighted by atomic mass is 16.5. The Labute approximate surface area is 148 Å². The number of carbonyl (C=O) groups excluding carboxylic acids is 2. The van der Waals surface area contributed by atoms with E-state index in [1.54, 1.807) is 28.0 Å². The highest BCUT2D eigenvalue weighted by Crippen LogP contribution is 2.24. The molecule has 0 spiro atoms. The zero-order valence-electron chi connectivity index (χ0n) is 15.1. The van der Waals surface area contributed by atoms with Crippen LogP contribution in [0.25, 0.3) is 0 Å². The van der Waals surface area contributed by atoms with Gasteiger partial charge in [0.15, 0.2) is 0 Å². The molecule has 0 aliphatic carbocycles. The van der Waals surface area contributed by atoms with Crippen molar-refractivity contribution < 1.29 is 14.3 Å². The van der Waals surface area contributed by atoms with Gasteiger partial charge in [-0.1, -0.05) is 36.4 Å². The van der Waals surface area contributed by atoms with E-state index in [0.29, 0.717) is 12.3 Å². The third kappa shape index (κ3) is 4.18. The van der Waals surface area contributed by atoms with Gasteiger partial charge >= 0.3 is 0 Å². The molecule has 2 aromatic rings. The maximum atomic E-state index is 12.8. The molecule has 0 aliphatic rings. The fourth-order valence-corrected chi connectivity index (χ4v) is 2.53. The molecular weight excluding hydrogens is 316 g/mol. The fraction of sp³-hybridized carbons (Fsp3) is 0.300. The average Bonchev–Trinajstić information content (AvgIpc) is 2.65. The molecule has 5 heteroatoms. The van der Waals surface area contributed by atoms with Crippen molar-refractivity contribution in [3.63, 3.8) is 0 Å². The van der Waals surface area contributed by atoms with E-state index in [1.807, 2.05) is 54.6 Å². The van der Waals surface area contributed by atoms with Crippen LogP contribution >= 0.6 is 0 Å². The van der Waals surface area contributed by atoms with Crippen LogP contribution in [-0.4, -0.2) is 26.0 Å². The number of hydrogen-bond donors (Lipinski definition) is 1.